The van der Waals surface area contributed by atoms with E-state index in [0.29, 0.717) is 11.8 Å². The SMILES string of the molecule is CS[C@H](C)C[C@@H](CN)CC(=O)O. The van der Waals surface area contributed by atoms with E-state index in [4.69, 9.17) is 10.8 Å². The van der Waals surface area contributed by atoms with Crippen molar-refractivity contribution in [3.63, 3.8) is 0 Å². The molecule has 0 unspecified atom stereocenters. The number of rotatable bonds is 6. The van der Waals surface area contributed by atoms with Gasteiger partial charge in [-0.15, -0.1) is 0 Å². The normalized spacial score (nSPS) is 15.6. The van der Waals surface area contributed by atoms with Gasteiger partial charge in [-0.25, -0.2) is 0 Å². The molecule has 0 saturated carbocycles. The van der Waals surface area contributed by atoms with E-state index < -0.39 is 5.97 Å². The molecule has 12 heavy (non-hydrogen) atoms. The van der Waals surface area contributed by atoms with Crippen LogP contribution in [0, 0.1) is 5.92 Å². The molecule has 3 nitrogen and oxygen atoms in total. The van der Waals surface area contributed by atoms with Crippen LogP contribution in [0.25, 0.3) is 0 Å². The van der Waals surface area contributed by atoms with E-state index in [1.807, 2.05) is 6.26 Å². The van der Waals surface area contributed by atoms with Crippen LogP contribution < -0.4 is 5.73 Å². The van der Waals surface area contributed by atoms with Gasteiger partial charge in [0.25, 0.3) is 0 Å². The van der Waals surface area contributed by atoms with Crippen molar-refractivity contribution in [2.24, 2.45) is 11.7 Å². The van der Waals surface area contributed by atoms with Crippen LogP contribution in [0.4, 0.5) is 0 Å². The van der Waals surface area contributed by atoms with Crippen molar-refractivity contribution in [1.29, 1.82) is 0 Å². The summed E-state index contributed by atoms with van der Waals surface area (Å²) < 4.78 is 0. The summed E-state index contributed by atoms with van der Waals surface area (Å²) in [6.07, 6.45) is 3.12. The molecule has 72 valence electrons. The molecule has 0 spiro atoms. The fourth-order valence-electron chi connectivity index (χ4n) is 1.08. The second-order valence-electron chi connectivity index (χ2n) is 2.98. The van der Waals surface area contributed by atoms with Crippen LogP contribution >= 0.6 is 11.8 Å². The van der Waals surface area contributed by atoms with E-state index in [2.05, 4.69) is 6.92 Å². The Balaban J connectivity index is 3.74. The van der Waals surface area contributed by atoms with Gasteiger partial charge in [0.05, 0.1) is 0 Å². The number of hydrogen-bond acceptors (Lipinski definition) is 3. The van der Waals surface area contributed by atoms with Crippen molar-refractivity contribution in [2.45, 2.75) is 25.0 Å². The molecular formula is C8H17NO2S. The zero-order chi connectivity index (χ0) is 9.56. The van der Waals surface area contributed by atoms with Gasteiger partial charge in [-0.2, -0.15) is 11.8 Å². The first-order valence-corrected chi connectivity index (χ1v) is 5.33. The van der Waals surface area contributed by atoms with Crippen molar-refractivity contribution in [3.05, 3.63) is 0 Å². The largest absolute Gasteiger partial charge is 0.481 e. The second-order valence-corrected chi connectivity index (χ2v) is 4.26. The molecule has 0 amide bonds. The van der Waals surface area contributed by atoms with Gasteiger partial charge in [0, 0.05) is 11.7 Å². The molecule has 0 radical (unpaired) electrons. The molecular weight excluding hydrogens is 174 g/mol. The highest BCUT2D eigenvalue weighted by atomic mass is 32.2. The molecule has 2 atom stereocenters. The molecule has 0 rings (SSSR count). The molecule has 0 aliphatic rings. The molecule has 0 aromatic carbocycles. The minimum atomic E-state index is -0.751. The zero-order valence-corrected chi connectivity index (χ0v) is 8.43. The maximum Gasteiger partial charge on any atom is 0.303 e. The van der Waals surface area contributed by atoms with E-state index in [-0.39, 0.29) is 12.3 Å². The van der Waals surface area contributed by atoms with Gasteiger partial charge in [0.15, 0.2) is 0 Å². The summed E-state index contributed by atoms with van der Waals surface area (Å²) >= 11 is 1.75. The zero-order valence-electron chi connectivity index (χ0n) is 7.62. The van der Waals surface area contributed by atoms with E-state index >= 15 is 0 Å². The highest BCUT2D eigenvalue weighted by Crippen LogP contribution is 2.17. The second kappa shape index (κ2) is 6.31. The quantitative estimate of drug-likeness (QED) is 0.661. The Kier molecular flexibility index (Phi) is 6.20. The lowest BCUT2D eigenvalue weighted by Crippen LogP contribution is -2.21. The van der Waals surface area contributed by atoms with E-state index in [1.54, 1.807) is 11.8 Å². The molecule has 0 heterocycles. The Morgan fingerprint density at radius 2 is 2.25 bits per heavy atom. The van der Waals surface area contributed by atoms with Gasteiger partial charge < -0.3 is 10.8 Å². The van der Waals surface area contributed by atoms with Crippen LogP contribution in [0.1, 0.15) is 19.8 Å². The number of nitrogens with two attached hydrogens (primary N) is 1. The van der Waals surface area contributed by atoms with Crippen LogP contribution in [0.5, 0.6) is 0 Å². The fraction of sp³-hybridized carbons (Fsp3) is 0.875. The Hall–Kier alpha value is -0.220. The van der Waals surface area contributed by atoms with Crippen molar-refractivity contribution in [1.82, 2.24) is 0 Å². The van der Waals surface area contributed by atoms with E-state index in [0.717, 1.165) is 6.42 Å². The number of hydrogen-bond donors (Lipinski definition) is 2. The predicted octanol–water partition coefficient (Wildman–Crippen LogP) is 1.18. The Labute approximate surface area is 77.7 Å². The van der Waals surface area contributed by atoms with Gasteiger partial charge in [-0.3, -0.25) is 4.79 Å². The number of carbonyl (C=O) groups is 1. The topological polar surface area (TPSA) is 63.3 Å². The lowest BCUT2D eigenvalue weighted by Gasteiger charge is -2.15. The smallest absolute Gasteiger partial charge is 0.303 e. The third-order valence-corrected chi connectivity index (χ3v) is 2.86. The summed E-state index contributed by atoms with van der Waals surface area (Å²) in [7, 11) is 0. The third kappa shape index (κ3) is 5.43. The predicted molar refractivity (Wildman–Crippen MR) is 52.4 cm³/mol. The first kappa shape index (κ1) is 11.8. The molecule has 0 bridgehead atoms. The molecule has 0 aromatic rings. The van der Waals surface area contributed by atoms with Crippen LogP contribution in [-0.4, -0.2) is 29.1 Å². The van der Waals surface area contributed by atoms with E-state index in [9.17, 15) is 4.79 Å². The Bertz CT molecular complexity index is 141. The number of carboxylic acids is 1. The fourth-order valence-corrected chi connectivity index (χ4v) is 1.54. The van der Waals surface area contributed by atoms with Gasteiger partial charge >= 0.3 is 5.97 Å². The first-order chi connectivity index (χ1) is 5.60. The molecule has 0 saturated heterocycles. The van der Waals surface area contributed by atoms with Crippen LogP contribution in [-0.2, 0) is 4.79 Å². The maximum absolute atomic E-state index is 10.4. The average Bonchev–Trinajstić information content (AvgIpc) is 2.02. The van der Waals surface area contributed by atoms with Crippen molar-refractivity contribution in [2.75, 3.05) is 12.8 Å². The average molecular weight is 191 g/mol. The summed E-state index contributed by atoms with van der Waals surface area (Å²) in [4.78, 5) is 10.4. The van der Waals surface area contributed by atoms with Gasteiger partial charge in [-0.1, -0.05) is 6.92 Å². The highest BCUT2D eigenvalue weighted by Gasteiger charge is 2.14. The molecule has 3 N–H and O–H groups in total. The summed E-state index contributed by atoms with van der Waals surface area (Å²) in [5.41, 5.74) is 5.45. The maximum atomic E-state index is 10.4. The highest BCUT2D eigenvalue weighted by molar-refractivity contribution is 7.99. The number of carboxylic acid groups (broad SMARTS) is 1. The van der Waals surface area contributed by atoms with Crippen molar-refractivity contribution < 1.29 is 9.90 Å². The monoisotopic (exact) mass is 191 g/mol. The molecule has 4 heteroatoms. The molecule has 0 aliphatic heterocycles. The van der Waals surface area contributed by atoms with Crippen LogP contribution in [0.3, 0.4) is 0 Å². The standard InChI is InChI=1S/C8H17NO2S/c1-6(12-2)3-7(5-9)4-8(10)11/h6-7H,3-5,9H2,1-2H3,(H,10,11)/t6-,7-/m1/s1. The summed E-state index contributed by atoms with van der Waals surface area (Å²) in [6.45, 7) is 2.56. The molecule has 0 fully saturated rings. The lowest BCUT2D eigenvalue weighted by atomic mass is 10.0. The van der Waals surface area contributed by atoms with Crippen molar-refractivity contribution >= 4 is 17.7 Å². The van der Waals surface area contributed by atoms with Crippen LogP contribution in [0.2, 0.25) is 0 Å². The number of thioether (sulfide) groups is 1. The van der Waals surface area contributed by atoms with Crippen LogP contribution in [0.15, 0.2) is 0 Å². The van der Waals surface area contributed by atoms with Gasteiger partial charge in [-0.05, 0) is 25.1 Å². The Morgan fingerprint density at radius 3 is 2.58 bits per heavy atom. The van der Waals surface area contributed by atoms with Crippen molar-refractivity contribution in [3.8, 4) is 0 Å². The summed E-state index contributed by atoms with van der Waals surface area (Å²) in [5.74, 6) is -0.622. The molecule has 0 aromatic heterocycles. The minimum Gasteiger partial charge on any atom is -0.481 e. The van der Waals surface area contributed by atoms with Gasteiger partial charge in [0.1, 0.15) is 0 Å². The Morgan fingerprint density at radius 1 is 1.67 bits per heavy atom. The first-order valence-electron chi connectivity index (χ1n) is 4.04. The van der Waals surface area contributed by atoms with E-state index in [1.165, 1.54) is 0 Å². The number of aliphatic carboxylic acids is 1. The minimum absolute atomic E-state index is 0.130. The van der Waals surface area contributed by atoms with Gasteiger partial charge in [0.2, 0.25) is 0 Å². The molecule has 0 aliphatic carbocycles. The summed E-state index contributed by atoms with van der Waals surface area (Å²) in [5, 5.41) is 9.04. The summed E-state index contributed by atoms with van der Waals surface area (Å²) in [6, 6.07) is 0. The lowest BCUT2D eigenvalue weighted by molar-refractivity contribution is -0.138. The third-order valence-electron chi connectivity index (χ3n) is 1.86.